The number of carboxylic acid groups (broad SMARTS) is 1. The Morgan fingerprint density at radius 3 is 2.24 bits per heavy atom. The fourth-order valence-corrected chi connectivity index (χ4v) is 1.41. The molecule has 0 fully saturated rings. The highest BCUT2D eigenvalue weighted by atomic mass is 16.4. The minimum absolute atomic E-state index is 0.105. The zero-order chi connectivity index (χ0) is 12.8. The Bertz CT molecular complexity index is 262. The lowest BCUT2D eigenvalue weighted by Gasteiger charge is -1.94. The van der Waals surface area contributed by atoms with Gasteiger partial charge in [0.05, 0.1) is 6.42 Å². The van der Waals surface area contributed by atoms with Crippen LogP contribution in [0.1, 0.15) is 51.9 Å². The van der Waals surface area contributed by atoms with E-state index in [9.17, 15) is 4.79 Å². The van der Waals surface area contributed by atoms with Crippen LogP contribution in [0.15, 0.2) is 36.5 Å². The van der Waals surface area contributed by atoms with Gasteiger partial charge in [-0.15, -0.1) is 0 Å². The van der Waals surface area contributed by atoms with Crippen molar-refractivity contribution >= 4 is 5.97 Å². The molecule has 0 aliphatic heterocycles. The predicted molar refractivity (Wildman–Crippen MR) is 73.0 cm³/mol. The molecule has 2 nitrogen and oxygen atoms in total. The van der Waals surface area contributed by atoms with Gasteiger partial charge in [-0.25, -0.2) is 0 Å². The summed E-state index contributed by atoms with van der Waals surface area (Å²) in [5.41, 5.74) is 0. The standard InChI is InChI=1S/C15H24O2/c1-2-3-4-5-6-7-8-9-10-11-12-13-14-15(16)17/h3-4,10-13H,2,5-9,14H2,1H3,(H,16,17). The summed E-state index contributed by atoms with van der Waals surface area (Å²) in [5.74, 6) is -0.783. The molecule has 0 amide bonds. The number of unbranched alkanes of at least 4 members (excludes halogenated alkanes) is 4. The quantitative estimate of drug-likeness (QED) is 0.345. The van der Waals surface area contributed by atoms with Gasteiger partial charge in [-0.3, -0.25) is 4.79 Å². The number of carboxylic acids is 1. The van der Waals surface area contributed by atoms with Crippen LogP contribution in [0.25, 0.3) is 0 Å². The number of rotatable bonds is 10. The van der Waals surface area contributed by atoms with Gasteiger partial charge in [-0.2, -0.15) is 0 Å². The van der Waals surface area contributed by atoms with Gasteiger partial charge in [0, 0.05) is 0 Å². The zero-order valence-corrected chi connectivity index (χ0v) is 10.8. The molecule has 0 aromatic rings. The molecule has 0 aromatic carbocycles. The van der Waals surface area contributed by atoms with Gasteiger partial charge in [-0.1, -0.05) is 49.8 Å². The van der Waals surface area contributed by atoms with Gasteiger partial charge in [0.25, 0.3) is 0 Å². The molecule has 0 atom stereocenters. The van der Waals surface area contributed by atoms with Crippen LogP contribution < -0.4 is 0 Å². The minimum atomic E-state index is -0.783. The number of allylic oxidation sites excluding steroid dienone is 5. The molecule has 96 valence electrons. The van der Waals surface area contributed by atoms with Gasteiger partial charge in [-0.05, 0) is 32.1 Å². The van der Waals surface area contributed by atoms with E-state index in [1.165, 1.54) is 25.7 Å². The second kappa shape index (κ2) is 12.8. The highest BCUT2D eigenvalue weighted by Crippen LogP contribution is 2.04. The Hall–Kier alpha value is -1.31. The summed E-state index contributed by atoms with van der Waals surface area (Å²) in [7, 11) is 0. The monoisotopic (exact) mass is 236 g/mol. The van der Waals surface area contributed by atoms with Crippen LogP contribution in [0.2, 0.25) is 0 Å². The highest BCUT2D eigenvalue weighted by molar-refractivity contribution is 5.68. The summed E-state index contributed by atoms with van der Waals surface area (Å²) >= 11 is 0. The Kier molecular flexibility index (Phi) is 11.8. The number of aliphatic carboxylic acids is 1. The molecule has 1 N–H and O–H groups in total. The lowest BCUT2D eigenvalue weighted by molar-refractivity contribution is -0.135. The predicted octanol–water partition coefficient (Wildman–Crippen LogP) is 4.49. The summed E-state index contributed by atoms with van der Waals surface area (Å²) in [6, 6.07) is 0. The van der Waals surface area contributed by atoms with Gasteiger partial charge in [0.1, 0.15) is 0 Å². The second-order valence-electron chi connectivity index (χ2n) is 3.97. The smallest absolute Gasteiger partial charge is 0.307 e. The summed E-state index contributed by atoms with van der Waals surface area (Å²) < 4.78 is 0. The van der Waals surface area contributed by atoms with Crippen molar-refractivity contribution in [2.24, 2.45) is 0 Å². The van der Waals surface area contributed by atoms with Gasteiger partial charge in [0.2, 0.25) is 0 Å². The van der Waals surface area contributed by atoms with Crippen molar-refractivity contribution in [3.8, 4) is 0 Å². The van der Waals surface area contributed by atoms with Crippen LogP contribution in [0.5, 0.6) is 0 Å². The van der Waals surface area contributed by atoms with Crippen LogP contribution in [0.4, 0.5) is 0 Å². The molecule has 0 bridgehead atoms. The van der Waals surface area contributed by atoms with E-state index >= 15 is 0 Å². The molecule has 0 radical (unpaired) electrons. The Balaban J connectivity index is 3.27. The van der Waals surface area contributed by atoms with Gasteiger partial charge in [0.15, 0.2) is 0 Å². The number of hydrogen-bond acceptors (Lipinski definition) is 1. The van der Waals surface area contributed by atoms with E-state index in [0.29, 0.717) is 0 Å². The van der Waals surface area contributed by atoms with Crippen LogP contribution in [0, 0.1) is 0 Å². The molecule has 0 aliphatic carbocycles. The molecular weight excluding hydrogens is 212 g/mol. The van der Waals surface area contributed by atoms with Crippen LogP contribution in [-0.4, -0.2) is 11.1 Å². The fourth-order valence-electron chi connectivity index (χ4n) is 1.41. The zero-order valence-electron chi connectivity index (χ0n) is 10.8. The van der Waals surface area contributed by atoms with E-state index in [4.69, 9.17) is 5.11 Å². The summed E-state index contributed by atoms with van der Waals surface area (Å²) in [5, 5.41) is 8.39. The third-order valence-corrected chi connectivity index (χ3v) is 2.32. The average molecular weight is 236 g/mol. The molecule has 0 spiro atoms. The molecule has 0 saturated heterocycles. The van der Waals surface area contributed by atoms with Crippen LogP contribution in [0.3, 0.4) is 0 Å². The maximum atomic E-state index is 10.2. The van der Waals surface area contributed by atoms with Crippen molar-refractivity contribution in [3.63, 3.8) is 0 Å². The van der Waals surface area contributed by atoms with E-state index in [2.05, 4.69) is 25.2 Å². The molecule has 17 heavy (non-hydrogen) atoms. The maximum Gasteiger partial charge on any atom is 0.307 e. The molecule has 0 saturated carbocycles. The first-order valence-corrected chi connectivity index (χ1v) is 6.45. The van der Waals surface area contributed by atoms with Crippen molar-refractivity contribution in [2.45, 2.75) is 51.9 Å². The molecular formula is C15H24O2. The summed E-state index contributed by atoms with van der Waals surface area (Å²) in [4.78, 5) is 10.2. The number of hydrogen-bond donors (Lipinski definition) is 1. The summed E-state index contributed by atoms with van der Waals surface area (Å²) in [6.45, 7) is 2.15. The van der Waals surface area contributed by atoms with Crippen molar-refractivity contribution in [2.75, 3.05) is 0 Å². The molecule has 0 aliphatic rings. The fraction of sp³-hybridized carbons (Fsp3) is 0.533. The first kappa shape index (κ1) is 15.7. The van der Waals surface area contributed by atoms with Crippen molar-refractivity contribution in [3.05, 3.63) is 36.5 Å². The first-order chi connectivity index (χ1) is 8.27. The normalized spacial score (nSPS) is 12.1. The second-order valence-corrected chi connectivity index (χ2v) is 3.97. The van der Waals surface area contributed by atoms with Gasteiger partial charge >= 0.3 is 5.97 Å². The van der Waals surface area contributed by atoms with Crippen molar-refractivity contribution in [1.82, 2.24) is 0 Å². The molecule has 0 heterocycles. The maximum absolute atomic E-state index is 10.2. The molecule has 0 aromatic heterocycles. The van der Waals surface area contributed by atoms with E-state index in [-0.39, 0.29) is 6.42 Å². The van der Waals surface area contributed by atoms with Crippen LogP contribution >= 0.6 is 0 Å². The third-order valence-electron chi connectivity index (χ3n) is 2.32. The van der Waals surface area contributed by atoms with E-state index in [0.717, 1.165) is 12.8 Å². The molecule has 2 heteroatoms. The van der Waals surface area contributed by atoms with E-state index in [1.54, 1.807) is 12.2 Å². The number of carbonyl (C=O) groups is 1. The highest BCUT2D eigenvalue weighted by Gasteiger charge is 1.87. The lowest BCUT2D eigenvalue weighted by Crippen LogP contribution is -1.89. The average Bonchev–Trinajstić information content (AvgIpc) is 2.30. The van der Waals surface area contributed by atoms with E-state index < -0.39 is 5.97 Å². The minimum Gasteiger partial charge on any atom is -0.481 e. The van der Waals surface area contributed by atoms with Crippen molar-refractivity contribution < 1.29 is 9.90 Å². The van der Waals surface area contributed by atoms with Crippen LogP contribution in [-0.2, 0) is 4.79 Å². The Labute approximate surface area is 105 Å². The SMILES string of the molecule is CCC=CCCCCCC=CC=CCC(=O)O. The molecule has 0 unspecified atom stereocenters. The third kappa shape index (κ3) is 14.7. The summed E-state index contributed by atoms with van der Waals surface area (Å²) in [6.07, 6.45) is 19.2. The van der Waals surface area contributed by atoms with Crippen molar-refractivity contribution in [1.29, 1.82) is 0 Å². The first-order valence-electron chi connectivity index (χ1n) is 6.45. The topological polar surface area (TPSA) is 37.3 Å². The van der Waals surface area contributed by atoms with E-state index in [1.807, 2.05) is 6.08 Å². The Morgan fingerprint density at radius 2 is 1.59 bits per heavy atom. The largest absolute Gasteiger partial charge is 0.481 e. The van der Waals surface area contributed by atoms with Gasteiger partial charge < -0.3 is 5.11 Å². The Morgan fingerprint density at radius 1 is 0.941 bits per heavy atom. The lowest BCUT2D eigenvalue weighted by atomic mass is 10.1. The molecule has 0 rings (SSSR count).